The number of anilines is 2. The van der Waals surface area contributed by atoms with E-state index in [1.807, 2.05) is 30.3 Å². The molecule has 27 heavy (non-hydrogen) atoms. The van der Waals surface area contributed by atoms with E-state index in [1.165, 1.54) is 19.3 Å². The zero-order chi connectivity index (χ0) is 18.6. The number of fused-ring (bicyclic) bond motifs is 2. The van der Waals surface area contributed by atoms with Gasteiger partial charge in [-0.05, 0) is 50.6 Å². The number of benzene rings is 1. The predicted octanol–water partition coefficient (Wildman–Crippen LogP) is 5.35. The molecule has 0 saturated carbocycles. The molecule has 0 spiro atoms. The Morgan fingerprint density at radius 3 is 2.85 bits per heavy atom. The van der Waals surface area contributed by atoms with Gasteiger partial charge in [0.1, 0.15) is 0 Å². The van der Waals surface area contributed by atoms with Crippen LogP contribution >= 0.6 is 23.4 Å². The Hall–Kier alpha value is -1.76. The maximum absolute atomic E-state index is 12.9. The van der Waals surface area contributed by atoms with E-state index in [9.17, 15) is 4.79 Å². The van der Waals surface area contributed by atoms with Crippen molar-refractivity contribution in [2.45, 2.75) is 35.5 Å². The molecule has 0 atom stereocenters. The number of hydrogen-bond acceptors (Lipinski definition) is 5. The zero-order valence-corrected chi connectivity index (χ0v) is 16.6. The first-order chi connectivity index (χ1) is 13.2. The minimum Gasteiger partial charge on any atom is -0.449 e. The lowest BCUT2D eigenvalue weighted by molar-refractivity contribution is 0.143. The van der Waals surface area contributed by atoms with Crippen LogP contribution in [0.3, 0.4) is 0 Å². The smallest absolute Gasteiger partial charge is 0.420 e. The highest BCUT2D eigenvalue weighted by Crippen LogP contribution is 2.47. The van der Waals surface area contributed by atoms with Gasteiger partial charge in [0.2, 0.25) is 0 Å². The van der Waals surface area contributed by atoms with Gasteiger partial charge in [0.25, 0.3) is 0 Å². The highest BCUT2D eigenvalue weighted by molar-refractivity contribution is 7.99. The largest absolute Gasteiger partial charge is 0.449 e. The number of ether oxygens (including phenoxy) is 1. The number of pyridine rings is 1. The third-order valence-electron chi connectivity index (χ3n) is 4.81. The summed E-state index contributed by atoms with van der Waals surface area (Å²) in [5.41, 5.74) is 0.797. The Balaban J connectivity index is 1.45. The Morgan fingerprint density at radius 1 is 1.19 bits per heavy atom. The number of aromatic nitrogens is 1. The van der Waals surface area contributed by atoms with Gasteiger partial charge in [0.15, 0.2) is 5.82 Å². The number of piperidine rings is 1. The SMILES string of the molecule is O=C(OCCCN1CCCCC1)N1c2ccccc2Sc2cc(Cl)cnc21. The summed E-state index contributed by atoms with van der Waals surface area (Å²) in [5, 5.41) is 0.551. The fourth-order valence-electron chi connectivity index (χ4n) is 3.50. The molecule has 1 aromatic heterocycles. The van der Waals surface area contributed by atoms with Crippen LogP contribution in [0.5, 0.6) is 0 Å². The lowest BCUT2D eigenvalue weighted by Gasteiger charge is -2.29. The maximum atomic E-state index is 12.9. The highest BCUT2D eigenvalue weighted by atomic mass is 35.5. The number of hydrogen-bond donors (Lipinski definition) is 0. The molecule has 1 aromatic carbocycles. The van der Waals surface area contributed by atoms with Crippen molar-refractivity contribution in [1.82, 2.24) is 9.88 Å². The van der Waals surface area contributed by atoms with Crippen LogP contribution in [0.4, 0.5) is 16.3 Å². The van der Waals surface area contributed by atoms with E-state index in [2.05, 4.69) is 9.88 Å². The van der Waals surface area contributed by atoms with Gasteiger partial charge in [-0.3, -0.25) is 0 Å². The highest BCUT2D eigenvalue weighted by Gasteiger charge is 2.30. The van der Waals surface area contributed by atoms with E-state index in [0.29, 0.717) is 17.4 Å². The zero-order valence-electron chi connectivity index (χ0n) is 15.1. The fraction of sp³-hybridized carbons (Fsp3) is 0.400. The van der Waals surface area contributed by atoms with Crippen LogP contribution < -0.4 is 4.90 Å². The Morgan fingerprint density at radius 2 is 2.00 bits per heavy atom. The minimum absolute atomic E-state index is 0.391. The first-order valence-electron chi connectivity index (χ1n) is 9.34. The van der Waals surface area contributed by atoms with Crippen molar-refractivity contribution in [2.24, 2.45) is 0 Å². The van der Waals surface area contributed by atoms with Crippen LogP contribution in [-0.2, 0) is 4.74 Å². The molecule has 0 bridgehead atoms. The number of carbonyl (C=O) groups excluding carboxylic acids is 1. The second-order valence-corrected chi connectivity index (χ2v) is 8.27. The molecule has 5 nitrogen and oxygen atoms in total. The first kappa shape index (κ1) is 18.6. The number of amides is 1. The van der Waals surface area contributed by atoms with Crippen LogP contribution in [0.15, 0.2) is 46.3 Å². The molecule has 2 aliphatic heterocycles. The average Bonchev–Trinajstić information content (AvgIpc) is 2.70. The molecule has 0 aliphatic carbocycles. The molecule has 1 fully saturated rings. The molecular weight excluding hydrogens is 382 g/mol. The summed E-state index contributed by atoms with van der Waals surface area (Å²) < 4.78 is 5.59. The molecular formula is C20H22ClN3O2S. The third-order valence-corrected chi connectivity index (χ3v) is 6.11. The van der Waals surface area contributed by atoms with Crippen LogP contribution in [0.1, 0.15) is 25.7 Å². The van der Waals surface area contributed by atoms with Gasteiger partial charge in [0, 0.05) is 17.6 Å². The van der Waals surface area contributed by atoms with E-state index in [0.717, 1.165) is 41.5 Å². The van der Waals surface area contributed by atoms with Crippen LogP contribution in [-0.4, -0.2) is 42.2 Å². The average molecular weight is 404 g/mol. The number of halogens is 1. The van der Waals surface area contributed by atoms with Crippen molar-refractivity contribution >= 4 is 41.0 Å². The lowest BCUT2D eigenvalue weighted by atomic mass is 10.1. The molecule has 3 heterocycles. The molecule has 1 amide bonds. The molecule has 0 unspecified atom stereocenters. The maximum Gasteiger partial charge on any atom is 0.420 e. The van der Waals surface area contributed by atoms with Crippen molar-refractivity contribution in [1.29, 1.82) is 0 Å². The van der Waals surface area contributed by atoms with E-state index in [1.54, 1.807) is 22.9 Å². The van der Waals surface area contributed by atoms with Crippen LogP contribution in [0, 0.1) is 0 Å². The van der Waals surface area contributed by atoms with Crippen molar-refractivity contribution in [3.8, 4) is 0 Å². The molecule has 2 aliphatic rings. The number of rotatable bonds is 4. The van der Waals surface area contributed by atoms with Gasteiger partial charge < -0.3 is 9.64 Å². The van der Waals surface area contributed by atoms with E-state index in [-0.39, 0.29) is 0 Å². The Kier molecular flexibility index (Phi) is 5.86. The Labute approximate surface area is 168 Å². The number of carbonyl (C=O) groups is 1. The molecule has 142 valence electrons. The molecule has 0 N–H and O–H groups in total. The number of likely N-dealkylation sites (tertiary alicyclic amines) is 1. The lowest BCUT2D eigenvalue weighted by Crippen LogP contribution is -2.33. The van der Waals surface area contributed by atoms with Gasteiger partial charge in [-0.2, -0.15) is 0 Å². The summed E-state index contributed by atoms with van der Waals surface area (Å²) in [6.45, 7) is 3.69. The predicted molar refractivity (Wildman–Crippen MR) is 108 cm³/mol. The van der Waals surface area contributed by atoms with Gasteiger partial charge in [-0.25, -0.2) is 14.7 Å². The van der Waals surface area contributed by atoms with Crippen molar-refractivity contribution in [3.05, 3.63) is 41.6 Å². The second kappa shape index (κ2) is 8.50. The van der Waals surface area contributed by atoms with Gasteiger partial charge in [-0.15, -0.1) is 0 Å². The summed E-state index contributed by atoms with van der Waals surface area (Å²) in [4.78, 5) is 23.1. The van der Waals surface area contributed by atoms with Crippen molar-refractivity contribution in [2.75, 3.05) is 31.1 Å². The standard InChI is InChI=1S/C20H22ClN3O2S/c21-15-13-18-19(22-14-15)24(16-7-2-3-8-17(16)27-18)20(25)26-12-6-11-23-9-4-1-5-10-23/h2-3,7-8,13-14H,1,4-6,9-12H2. The van der Waals surface area contributed by atoms with Crippen LogP contribution in [0.25, 0.3) is 0 Å². The summed E-state index contributed by atoms with van der Waals surface area (Å²) in [7, 11) is 0. The second-order valence-electron chi connectivity index (χ2n) is 6.75. The summed E-state index contributed by atoms with van der Waals surface area (Å²) in [6, 6.07) is 9.60. The number of para-hydroxylation sites is 1. The van der Waals surface area contributed by atoms with Gasteiger partial charge in [-0.1, -0.05) is 41.9 Å². The fourth-order valence-corrected chi connectivity index (χ4v) is 4.79. The van der Waals surface area contributed by atoms with E-state index in [4.69, 9.17) is 16.3 Å². The normalized spacial score (nSPS) is 16.6. The van der Waals surface area contributed by atoms with E-state index < -0.39 is 6.09 Å². The number of nitrogens with zero attached hydrogens (tertiary/aromatic N) is 3. The summed E-state index contributed by atoms with van der Waals surface area (Å²) in [5.74, 6) is 0.573. The summed E-state index contributed by atoms with van der Waals surface area (Å²) >= 11 is 7.65. The van der Waals surface area contributed by atoms with Gasteiger partial charge >= 0.3 is 6.09 Å². The van der Waals surface area contributed by atoms with Crippen molar-refractivity contribution in [3.63, 3.8) is 0 Å². The monoisotopic (exact) mass is 403 g/mol. The summed E-state index contributed by atoms with van der Waals surface area (Å²) in [6.07, 6.45) is 5.88. The molecule has 2 aromatic rings. The van der Waals surface area contributed by atoms with E-state index >= 15 is 0 Å². The first-order valence-corrected chi connectivity index (χ1v) is 10.5. The van der Waals surface area contributed by atoms with Crippen LogP contribution in [0.2, 0.25) is 5.02 Å². The quantitative estimate of drug-likeness (QED) is 0.644. The minimum atomic E-state index is -0.391. The molecule has 7 heteroatoms. The van der Waals surface area contributed by atoms with Crippen molar-refractivity contribution < 1.29 is 9.53 Å². The van der Waals surface area contributed by atoms with Gasteiger partial charge in [0.05, 0.1) is 22.2 Å². The molecule has 1 saturated heterocycles. The topological polar surface area (TPSA) is 45.7 Å². The third kappa shape index (κ3) is 4.23. The molecule has 4 rings (SSSR count). The molecule has 0 radical (unpaired) electrons. The Bertz CT molecular complexity index is 827.